The number of methoxy groups -OCH3 is 2. The maximum atomic E-state index is 13.4. The van der Waals surface area contributed by atoms with Crippen LogP contribution in [0.25, 0.3) is 0 Å². The number of allylic oxidation sites excluding steroid dienone is 2. The zero-order valence-electron chi connectivity index (χ0n) is 17.7. The zero-order chi connectivity index (χ0) is 21.3. The van der Waals surface area contributed by atoms with Gasteiger partial charge in [-0.15, -0.1) is 0 Å². The molecule has 2 aliphatic rings. The second-order valence-electron chi connectivity index (χ2n) is 7.75. The van der Waals surface area contributed by atoms with Crippen molar-refractivity contribution in [3.8, 4) is 11.5 Å². The summed E-state index contributed by atoms with van der Waals surface area (Å²) in [5.74, 6) is 1.15. The fraction of sp³-hybridized carbons (Fsp3) is 0.360. The highest BCUT2D eigenvalue weighted by atomic mass is 16.5. The van der Waals surface area contributed by atoms with Gasteiger partial charge in [0.15, 0.2) is 5.78 Å². The Balaban J connectivity index is 1.85. The van der Waals surface area contributed by atoms with Crippen molar-refractivity contribution in [2.75, 3.05) is 19.1 Å². The SMILES string of the molecule is CCc1ccc(N2C(=O)CC(c3cc(OC)ccc3OC)C3=C2CCCC3=O)cc1. The number of anilines is 1. The van der Waals surface area contributed by atoms with Crippen molar-refractivity contribution in [2.24, 2.45) is 0 Å². The van der Waals surface area contributed by atoms with Gasteiger partial charge in [-0.2, -0.15) is 0 Å². The molecule has 5 heteroatoms. The molecule has 1 aliphatic carbocycles. The highest BCUT2D eigenvalue weighted by molar-refractivity contribution is 6.07. The number of carbonyl (C=O) groups is 2. The summed E-state index contributed by atoms with van der Waals surface area (Å²) < 4.78 is 11.0. The van der Waals surface area contributed by atoms with Crippen molar-refractivity contribution < 1.29 is 19.1 Å². The minimum atomic E-state index is -0.323. The van der Waals surface area contributed by atoms with E-state index in [-0.39, 0.29) is 24.0 Å². The molecule has 1 atom stereocenters. The highest BCUT2D eigenvalue weighted by Gasteiger charge is 2.40. The first-order chi connectivity index (χ1) is 14.6. The minimum absolute atomic E-state index is 0.00238. The molecular weight excluding hydrogens is 378 g/mol. The summed E-state index contributed by atoms with van der Waals surface area (Å²) in [6.45, 7) is 2.10. The molecular formula is C25H27NO4. The quantitative estimate of drug-likeness (QED) is 0.717. The lowest BCUT2D eigenvalue weighted by molar-refractivity contribution is -0.119. The molecule has 156 valence electrons. The zero-order valence-corrected chi connectivity index (χ0v) is 17.7. The maximum absolute atomic E-state index is 13.4. The number of carbonyl (C=O) groups excluding carboxylic acids is 2. The molecule has 1 aliphatic heterocycles. The first kappa shape index (κ1) is 20.2. The van der Waals surface area contributed by atoms with Gasteiger partial charge >= 0.3 is 0 Å². The van der Waals surface area contributed by atoms with Crippen LogP contribution in [0.4, 0.5) is 5.69 Å². The Morgan fingerprint density at radius 2 is 1.77 bits per heavy atom. The average Bonchev–Trinajstić information content (AvgIpc) is 2.78. The fourth-order valence-electron chi connectivity index (χ4n) is 4.55. The Bertz CT molecular complexity index is 1010. The third-order valence-corrected chi connectivity index (χ3v) is 6.09. The third kappa shape index (κ3) is 3.49. The molecule has 30 heavy (non-hydrogen) atoms. The molecule has 0 saturated carbocycles. The Morgan fingerprint density at radius 3 is 2.43 bits per heavy atom. The van der Waals surface area contributed by atoms with Crippen LogP contribution in [0, 0.1) is 0 Å². The lowest BCUT2D eigenvalue weighted by Gasteiger charge is -2.38. The van der Waals surface area contributed by atoms with Crippen LogP contribution in [0.5, 0.6) is 11.5 Å². The number of aryl methyl sites for hydroxylation is 1. The van der Waals surface area contributed by atoms with Gasteiger partial charge in [0.05, 0.1) is 14.2 Å². The average molecular weight is 405 g/mol. The molecule has 5 nitrogen and oxygen atoms in total. The number of ether oxygens (including phenoxy) is 2. The van der Waals surface area contributed by atoms with Crippen molar-refractivity contribution in [1.29, 1.82) is 0 Å². The van der Waals surface area contributed by atoms with E-state index in [0.717, 1.165) is 35.4 Å². The van der Waals surface area contributed by atoms with Gasteiger partial charge in [0.25, 0.3) is 0 Å². The Hall–Kier alpha value is -3.08. The van der Waals surface area contributed by atoms with Gasteiger partial charge in [0.2, 0.25) is 5.91 Å². The van der Waals surface area contributed by atoms with Crippen molar-refractivity contribution in [2.45, 2.75) is 44.9 Å². The molecule has 2 aromatic rings. The first-order valence-corrected chi connectivity index (χ1v) is 10.5. The van der Waals surface area contributed by atoms with Crippen LogP contribution in [-0.4, -0.2) is 25.9 Å². The van der Waals surface area contributed by atoms with Crippen LogP contribution in [0.2, 0.25) is 0 Å². The molecule has 2 aromatic carbocycles. The van der Waals surface area contributed by atoms with Gasteiger partial charge in [0, 0.05) is 41.3 Å². The first-order valence-electron chi connectivity index (χ1n) is 10.5. The molecule has 0 bridgehead atoms. The predicted octanol–water partition coefficient (Wildman–Crippen LogP) is 4.79. The molecule has 0 radical (unpaired) electrons. The van der Waals surface area contributed by atoms with Crippen LogP contribution in [0.1, 0.15) is 49.7 Å². The topological polar surface area (TPSA) is 55.8 Å². The summed E-state index contributed by atoms with van der Waals surface area (Å²) in [5, 5.41) is 0. The van der Waals surface area contributed by atoms with E-state index in [4.69, 9.17) is 9.47 Å². The number of nitrogens with zero attached hydrogens (tertiary/aromatic N) is 1. The summed E-state index contributed by atoms with van der Waals surface area (Å²) >= 11 is 0. The smallest absolute Gasteiger partial charge is 0.232 e. The molecule has 1 heterocycles. The van der Waals surface area contributed by atoms with E-state index < -0.39 is 0 Å². The van der Waals surface area contributed by atoms with Crippen LogP contribution < -0.4 is 14.4 Å². The summed E-state index contributed by atoms with van der Waals surface area (Å²) in [4.78, 5) is 28.2. The third-order valence-electron chi connectivity index (χ3n) is 6.09. The predicted molar refractivity (Wildman–Crippen MR) is 116 cm³/mol. The van der Waals surface area contributed by atoms with Gasteiger partial charge in [-0.25, -0.2) is 0 Å². The van der Waals surface area contributed by atoms with Crippen molar-refractivity contribution in [3.05, 3.63) is 64.9 Å². The van der Waals surface area contributed by atoms with Gasteiger partial charge in [0.1, 0.15) is 11.5 Å². The van der Waals surface area contributed by atoms with E-state index in [0.29, 0.717) is 24.3 Å². The van der Waals surface area contributed by atoms with E-state index >= 15 is 0 Å². The highest BCUT2D eigenvalue weighted by Crippen LogP contribution is 2.46. The normalized spacial score (nSPS) is 19.0. The van der Waals surface area contributed by atoms with E-state index in [2.05, 4.69) is 6.92 Å². The Morgan fingerprint density at radius 1 is 1.00 bits per heavy atom. The number of amides is 1. The summed E-state index contributed by atoms with van der Waals surface area (Å²) in [5.41, 5.74) is 4.45. The van der Waals surface area contributed by atoms with Crippen molar-refractivity contribution in [1.82, 2.24) is 0 Å². The fourth-order valence-corrected chi connectivity index (χ4v) is 4.55. The molecule has 0 spiro atoms. The van der Waals surface area contributed by atoms with Crippen LogP contribution >= 0.6 is 0 Å². The second kappa shape index (κ2) is 8.34. The van der Waals surface area contributed by atoms with Crippen LogP contribution in [0.15, 0.2) is 53.7 Å². The van der Waals surface area contributed by atoms with Gasteiger partial charge in [-0.3, -0.25) is 14.5 Å². The molecule has 0 fully saturated rings. The van der Waals surface area contributed by atoms with E-state index in [1.807, 2.05) is 42.5 Å². The van der Waals surface area contributed by atoms with E-state index in [1.54, 1.807) is 19.1 Å². The number of hydrogen-bond acceptors (Lipinski definition) is 4. The monoisotopic (exact) mass is 405 g/mol. The summed E-state index contributed by atoms with van der Waals surface area (Å²) in [6.07, 6.45) is 3.15. The molecule has 0 aromatic heterocycles. The molecule has 0 N–H and O–H groups in total. The minimum Gasteiger partial charge on any atom is -0.497 e. The van der Waals surface area contributed by atoms with E-state index in [9.17, 15) is 9.59 Å². The van der Waals surface area contributed by atoms with Gasteiger partial charge in [-0.05, 0) is 55.2 Å². The lowest BCUT2D eigenvalue weighted by atomic mass is 9.76. The van der Waals surface area contributed by atoms with Gasteiger partial charge < -0.3 is 9.47 Å². The molecule has 1 unspecified atom stereocenters. The summed E-state index contributed by atoms with van der Waals surface area (Å²) in [6, 6.07) is 13.6. The molecule has 1 amide bonds. The number of ketones is 1. The maximum Gasteiger partial charge on any atom is 0.232 e. The number of Topliss-reactive ketones (excluding diaryl/α,β-unsaturated/α-hetero) is 1. The van der Waals surface area contributed by atoms with Crippen LogP contribution in [-0.2, 0) is 16.0 Å². The lowest BCUT2D eigenvalue weighted by Crippen LogP contribution is -2.40. The Labute approximate surface area is 177 Å². The van der Waals surface area contributed by atoms with Crippen molar-refractivity contribution >= 4 is 17.4 Å². The number of benzene rings is 2. The van der Waals surface area contributed by atoms with Gasteiger partial charge in [-0.1, -0.05) is 19.1 Å². The Kier molecular flexibility index (Phi) is 5.62. The molecule has 0 saturated heterocycles. The van der Waals surface area contributed by atoms with E-state index in [1.165, 1.54) is 5.56 Å². The second-order valence-corrected chi connectivity index (χ2v) is 7.75. The number of hydrogen-bond donors (Lipinski definition) is 0. The number of rotatable bonds is 5. The van der Waals surface area contributed by atoms with Crippen LogP contribution in [0.3, 0.4) is 0 Å². The standard InChI is InChI=1S/C25H27NO4/c1-4-16-8-10-17(11-9-16)26-21-6-5-7-22(27)25(21)20(15-24(26)28)19-14-18(29-2)12-13-23(19)30-3/h8-14,20H,4-7,15H2,1-3H3. The van der Waals surface area contributed by atoms with Crippen molar-refractivity contribution in [3.63, 3.8) is 0 Å². The summed E-state index contributed by atoms with van der Waals surface area (Å²) in [7, 11) is 3.21. The largest absolute Gasteiger partial charge is 0.497 e. The molecule has 4 rings (SSSR count).